The highest BCUT2D eigenvalue weighted by Gasteiger charge is 2.16. The Kier molecular flexibility index (Phi) is 5.28. The number of aryl methyl sites for hydroxylation is 2. The molecule has 2 aromatic rings. The van der Waals surface area contributed by atoms with Crippen LogP contribution in [0.4, 0.5) is 5.69 Å². The van der Waals surface area contributed by atoms with Gasteiger partial charge in [0, 0.05) is 11.3 Å². The van der Waals surface area contributed by atoms with E-state index in [0.29, 0.717) is 11.5 Å². The molecule has 0 atom stereocenters. The van der Waals surface area contributed by atoms with Crippen molar-refractivity contribution in [2.75, 3.05) is 20.0 Å². The average molecular weight is 355 g/mol. The topological polar surface area (TPSA) is 55.2 Å². The van der Waals surface area contributed by atoms with Gasteiger partial charge in [0.05, 0.1) is 25.6 Å². The molecule has 0 radical (unpaired) electrons. The fourth-order valence-electron chi connectivity index (χ4n) is 2.62. The molecule has 2 aromatic carbocycles. The van der Waals surface area contributed by atoms with E-state index < -0.39 is 0 Å². The molecule has 3 rings (SSSR count). The lowest BCUT2D eigenvalue weighted by atomic mass is 10.1. The second kappa shape index (κ2) is 7.61. The maximum Gasteiger partial charge on any atom is 0.182 e. The number of thioether (sulfide) groups is 1. The molecule has 0 saturated carbocycles. The predicted octanol–water partition coefficient (Wildman–Crippen LogP) is 4.05. The number of nitrogens with one attached hydrogen (secondary N) is 1. The lowest BCUT2D eigenvalue weighted by Crippen LogP contribution is -2.25. The molecule has 0 fully saturated rings. The van der Waals surface area contributed by atoms with Gasteiger partial charge >= 0.3 is 0 Å². The maximum absolute atomic E-state index is 5.36. The van der Waals surface area contributed by atoms with Crippen molar-refractivity contribution in [3.05, 3.63) is 53.1 Å². The summed E-state index contributed by atoms with van der Waals surface area (Å²) in [5, 5.41) is 5.29. The third kappa shape index (κ3) is 3.79. The summed E-state index contributed by atoms with van der Waals surface area (Å²) in [5.41, 5.74) is 8.34. The van der Waals surface area contributed by atoms with Crippen LogP contribution in [-0.2, 0) is 0 Å². The lowest BCUT2D eigenvalue weighted by molar-refractivity contribution is 0.355. The van der Waals surface area contributed by atoms with E-state index in [9.17, 15) is 0 Å². The van der Waals surface area contributed by atoms with E-state index in [4.69, 9.17) is 14.5 Å². The van der Waals surface area contributed by atoms with Crippen molar-refractivity contribution in [1.29, 1.82) is 0 Å². The van der Waals surface area contributed by atoms with Crippen molar-refractivity contribution < 1.29 is 9.47 Å². The van der Waals surface area contributed by atoms with Gasteiger partial charge in [-0.25, -0.2) is 4.99 Å². The molecule has 0 bridgehead atoms. The first-order valence-electron chi connectivity index (χ1n) is 7.95. The Morgan fingerprint density at radius 1 is 1.04 bits per heavy atom. The number of ether oxygens (including phenoxy) is 2. The first-order valence-corrected chi connectivity index (χ1v) is 8.93. The van der Waals surface area contributed by atoms with Crippen molar-refractivity contribution in [1.82, 2.24) is 5.43 Å². The summed E-state index contributed by atoms with van der Waals surface area (Å²) in [6, 6.07) is 12.0. The van der Waals surface area contributed by atoms with Gasteiger partial charge in [0.25, 0.3) is 0 Å². The van der Waals surface area contributed by atoms with Crippen molar-refractivity contribution >= 4 is 28.3 Å². The average Bonchev–Trinajstić information content (AvgIpc) is 2.65. The third-order valence-corrected chi connectivity index (χ3v) is 4.88. The van der Waals surface area contributed by atoms with Crippen LogP contribution in [-0.4, -0.2) is 30.9 Å². The molecule has 6 heteroatoms. The molecule has 0 unspecified atom stereocenters. The number of rotatable bonds is 4. The van der Waals surface area contributed by atoms with E-state index in [-0.39, 0.29) is 0 Å². The summed E-state index contributed by atoms with van der Waals surface area (Å²) >= 11 is 1.64. The molecule has 5 nitrogen and oxygen atoms in total. The van der Waals surface area contributed by atoms with Crippen LogP contribution in [0.25, 0.3) is 0 Å². The van der Waals surface area contributed by atoms with Crippen LogP contribution in [0.3, 0.4) is 0 Å². The van der Waals surface area contributed by atoms with E-state index in [2.05, 4.69) is 36.5 Å². The van der Waals surface area contributed by atoms with Crippen molar-refractivity contribution in [2.45, 2.75) is 13.8 Å². The number of amidine groups is 1. The molecule has 1 heterocycles. The van der Waals surface area contributed by atoms with Gasteiger partial charge in [-0.1, -0.05) is 30.0 Å². The van der Waals surface area contributed by atoms with Gasteiger partial charge in [0.1, 0.15) is 0 Å². The van der Waals surface area contributed by atoms with Gasteiger partial charge in [0.2, 0.25) is 0 Å². The van der Waals surface area contributed by atoms with Crippen molar-refractivity contribution in [3.63, 3.8) is 0 Å². The Morgan fingerprint density at radius 3 is 2.36 bits per heavy atom. The van der Waals surface area contributed by atoms with E-state index in [1.54, 1.807) is 26.0 Å². The molecule has 0 amide bonds. The van der Waals surface area contributed by atoms with Crippen LogP contribution in [0.1, 0.15) is 16.7 Å². The second-order valence-electron chi connectivity index (χ2n) is 5.69. The molecule has 0 aliphatic carbocycles. The van der Waals surface area contributed by atoms with Crippen LogP contribution >= 0.6 is 11.8 Å². The molecular weight excluding hydrogens is 334 g/mol. The number of hydrogen-bond donors (Lipinski definition) is 1. The highest BCUT2D eigenvalue weighted by molar-refractivity contribution is 8.14. The number of para-hydroxylation sites is 1. The SMILES string of the molecule is COc1ccc(C2=NNC(=Nc3c(C)cccc3C)SC2)cc1OC. The van der Waals surface area contributed by atoms with Gasteiger partial charge in [-0.2, -0.15) is 5.10 Å². The van der Waals surface area contributed by atoms with Crippen LogP contribution in [0, 0.1) is 13.8 Å². The van der Waals surface area contributed by atoms with Crippen LogP contribution in [0.5, 0.6) is 11.5 Å². The predicted molar refractivity (Wildman–Crippen MR) is 105 cm³/mol. The van der Waals surface area contributed by atoms with E-state index in [1.165, 1.54) is 0 Å². The van der Waals surface area contributed by atoms with Crippen molar-refractivity contribution in [2.24, 2.45) is 10.1 Å². The monoisotopic (exact) mass is 355 g/mol. The minimum atomic E-state index is 0.697. The summed E-state index contributed by atoms with van der Waals surface area (Å²) in [6.07, 6.45) is 0. The number of methoxy groups -OCH3 is 2. The number of hydrazone groups is 1. The first-order chi connectivity index (χ1) is 12.1. The molecule has 1 aliphatic heterocycles. The molecule has 0 aromatic heterocycles. The number of hydrogen-bond acceptors (Lipinski definition) is 5. The smallest absolute Gasteiger partial charge is 0.182 e. The number of nitrogens with zero attached hydrogens (tertiary/aromatic N) is 2. The highest BCUT2D eigenvalue weighted by Crippen LogP contribution is 2.29. The summed E-state index contributed by atoms with van der Waals surface area (Å²) in [7, 11) is 3.26. The normalized spacial score (nSPS) is 15.5. The van der Waals surface area contributed by atoms with E-state index in [0.717, 1.165) is 39.0 Å². The standard InChI is InChI=1S/C19H21N3O2S/c1-12-6-5-7-13(2)18(12)20-19-22-21-15(11-25-19)14-8-9-16(23-3)17(10-14)24-4/h5-10H,11H2,1-4H3,(H,20,22). The third-order valence-electron chi connectivity index (χ3n) is 4.00. The molecule has 1 N–H and O–H groups in total. The first kappa shape index (κ1) is 17.4. The Hall–Kier alpha value is -2.47. The minimum Gasteiger partial charge on any atom is -0.493 e. The second-order valence-corrected chi connectivity index (χ2v) is 6.65. The van der Waals surface area contributed by atoms with Crippen LogP contribution in [0.2, 0.25) is 0 Å². The zero-order chi connectivity index (χ0) is 17.8. The van der Waals surface area contributed by atoms with Gasteiger partial charge in [-0.15, -0.1) is 0 Å². The van der Waals surface area contributed by atoms with E-state index >= 15 is 0 Å². The quantitative estimate of drug-likeness (QED) is 0.899. The zero-order valence-corrected chi connectivity index (χ0v) is 15.6. The summed E-state index contributed by atoms with van der Waals surface area (Å²) in [5.74, 6) is 2.15. The van der Waals surface area contributed by atoms with Crippen LogP contribution < -0.4 is 14.9 Å². The Labute approximate surface area is 152 Å². The maximum atomic E-state index is 5.36. The minimum absolute atomic E-state index is 0.697. The van der Waals surface area contributed by atoms with E-state index in [1.807, 2.05) is 24.3 Å². The lowest BCUT2D eigenvalue weighted by Gasteiger charge is -2.17. The van der Waals surface area contributed by atoms with Crippen molar-refractivity contribution in [3.8, 4) is 11.5 Å². The number of aliphatic imine (C=N–C) groups is 1. The van der Waals surface area contributed by atoms with Gasteiger partial charge < -0.3 is 9.47 Å². The largest absolute Gasteiger partial charge is 0.493 e. The summed E-state index contributed by atoms with van der Waals surface area (Å²) < 4.78 is 10.6. The fraction of sp³-hybridized carbons (Fsp3) is 0.263. The number of benzene rings is 2. The van der Waals surface area contributed by atoms with Gasteiger partial charge in [0.15, 0.2) is 16.7 Å². The molecule has 25 heavy (non-hydrogen) atoms. The molecule has 130 valence electrons. The van der Waals surface area contributed by atoms with Crippen LogP contribution in [0.15, 0.2) is 46.5 Å². The molecule has 0 saturated heterocycles. The van der Waals surface area contributed by atoms with Gasteiger partial charge in [-0.05, 0) is 43.2 Å². The summed E-state index contributed by atoms with van der Waals surface area (Å²) in [6.45, 7) is 4.14. The highest BCUT2D eigenvalue weighted by atomic mass is 32.2. The zero-order valence-electron chi connectivity index (χ0n) is 14.8. The Balaban J connectivity index is 1.82. The molecule has 1 aliphatic rings. The Morgan fingerprint density at radius 2 is 1.76 bits per heavy atom. The molecular formula is C19H21N3O2S. The molecule has 0 spiro atoms. The Bertz CT molecular complexity index is 826. The van der Waals surface area contributed by atoms with Gasteiger partial charge in [-0.3, -0.25) is 5.43 Å². The fourth-order valence-corrected chi connectivity index (χ4v) is 3.39. The summed E-state index contributed by atoms with van der Waals surface area (Å²) in [4.78, 5) is 4.72.